The summed E-state index contributed by atoms with van der Waals surface area (Å²) in [4.78, 5) is 25.9. The van der Waals surface area contributed by atoms with Gasteiger partial charge in [-0.2, -0.15) is 0 Å². The molecule has 2 rings (SSSR count). The SMILES string of the molecule is C[C@H]1C(=O)N(C(=O)OC(C)(C)C)C2(COC(C)(C)OC2)[C@H]1O. The molecule has 1 N–H and O–H groups in total. The number of amides is 2. The summed E-state index contributed by atoms with van der Waals surface area (Å²) in [6.45, 7) is 10.2. The number of likely N-dealkylation sites (tertiary alicyclic amines) is 1. The molecule has 22 heavy (non-hydrogen) atoms. The van der Waals surface area contributed by atoms with Gasteiger partial charge in [0.1, 0.15) is 11.1 Å². The van der Waals surface area contributed by atoms with Gasteiger partial charge in [-0.15, -0.1) is 0 Å². The summed E-state index contributed by atoms with van der Waals surface area (Å²) in [5.41, 5.74) is -1.99. The molecular formula is C15H25NO6. The highest BCUT2D eigenvalue weighted by Crippen LogP contribution is 2.40. The normalized spacial score (nSPS) is 30.7. The molecular weight excluding hydrogens is 290 g/mol. The maximum Gasteiger partial charge on any atom is 0.417 e. The number of imide groups is 1. The van der Waals surface area contributed by atoms with Gasteiger partial charge in [0.2, 0.25) is 5.91 Å². The van der Waals surface area contributed by atoms with E-state index in [-0.39, 0.29) is 13.2 Å². The average Bonchev–Trinajstić information content (AvgIpc) is 2.54. The van der Waals surface area contributed by atoms with Crippen molar-refractivity contribution in [3.05, 3.63) is 0 Å². The molecule has 0 aromatic heterocycles. The second kappa shape index (κ2) is 5.18. The maximum atomic E-state index is 12.5. The number of hydrogen-bond acceptors (Lipinski definition) is 6. The highest BCUT2D eigenvalue weighted by Gasteiger charge is 2.62. The van der Waals surface area contributed by atoms with Crippen molar-refractivity contribution in [3.63, 3.8) is 0 Å². The van der Waals surface area contributed by atoms with Gasteiger partial charge >= 0.3 is 6.09 Å². The van der Waals surface area contributed by atoms with Gasteiger partial charge < -0.3 is 19.3 Å². The zero-order valence-electron chi connectivity index (χ0n) is 14.0. The number of rotatable bonds is 0. The van der Waals surface area contributed by atoms with Gasteiger partial charge in [0.05, 0.1) is 25.2 Å². The number of aliphatic hydroxyl groups excluding tert-OH is 1. The van der Waals surface area contributed by atoms with Crippen molar-refractivity contribution in [3.8, 4) is 0 Å². The minimum absolute atomic E-state index is 0.0104. The Kier molecular flexibility index (Phi) is 4.04. The summed E-state index contributed by atoms with van der Waals surface area (Å²) in [6, 6.07) is 0. The molecule has 2 aliphatic rings. The van der Waals surface area contributed by atoms with E-state index in [0.29, 0.717) is 0 Å². The van der Waals surface area contributed by atoms with Crippen LogP contribution in [0, 0.1) is 5.92 Å². The van der Waals surface area contributed by atoms with Crippen LogP contribution in [0.15, 0.2) is 0 Å². The van der Waals surface area contributed by atoms with Crippen molar-refractivity contribution in [1.29, 1.82) is 0 Å². The summed E-state index contributed by atoms with van der Waals surface area (Å²) in [6.07, 6.45) is -1.85. The third-order valence-electron chi connectivity index (χ3n) is 3.99. The maximum absolute atomic E-state index is 12.5. The second-order valence-electron chi connectivity index (χ2n) is 7.47. The molecule has 2 aliphatic heterocycles. The Bertz CT molecular complexity index is 471. The van der Waals surface area contributed by atoms with Gasteiger partial charge in [0.25, 0.3) is 0 Å². The lowest BCUT2D eigenvalue weighted by Gasteiger charge is -2.46. The van der Waals surface area contributed by atoms with Gasteiger partial charge in [-0.25, -0.2) is 9.69 Å². The Morgan fingerprint density at radius 2 is 1.82 bits per heavy atom. The van der Waals surface area contributed by atoms with E-state index in [1.165, 1.54) is 0 Å². The fourth-order valence-corrected chi connectivity index (χ4v) is 2.72. The molecule has 0 unspecified atom stereocenters. The number of aliphatic hydroxyl groups is 1. The molecule has 2 amide bonds. The fourth-order valence-electron chi connectivity index (χ4n) is 2.72. The van der Waals surface area contributed by atoms with Gasteiger partial charge in [0.15, 0.2) is 5.79 Å². The van der Waals surface area contributed by atoms with Gasteiger partial charge in [-0.1, -0.05) is 6.92 Å². The van der Waals surface area contributed by atoms with Crippen LogP contribution in [0.3, 0.4) is 0 Å². The van der Waals surface area contributed by atoms with Crippen LogP contribution in [0.4, 0.5) is 4.79 Å². The zero-order valence-corrected chi connectivity index (χ0v) is 14.0. The zero-order chi connectivity index (χ0) is 16.9. The monoisotopic (exact) mass is 315 g/mol. The van der Waals surface area contributed by atoms with Crippen LogP contribution in [0.25, 0.3) is 0 Å². The number of carbonyl (C=O) groups is 2. The predicted octanol–water partition coefficient (Wildman–Crippen LogP) is 1.28. The van der Waals surface area contributed by atoms with Crippen LogP contribution in [-0.4, -0.2) is 58.3 Å². The van der Waals surface area contributed by atoms with E-state index in [1.54, 1.807) is 41.5 Å². The predicted molar refractivity (Wildman–Crippen MR) is 77.0 cm³/mol. The molecule has 0 bridgehead atoms. The summed E-state index contributed by atoms with van der Waals surface area (Å²) in [5.74, 6) is -2.02. The molecule has 0 radical (unpaired) electrons. The molecule has 1 spiro atoms. The first-order valence-corrected chi connectivity index (χ1v) is 7.43. The summed E-state index contributed by atoms with van der Waals surface area (Å²) >= 11 is 0. The van der Waals surface area contributed by atoms with Crippen molar-refractivity contribution >= 4 is 12.0 Å². The molecule has 0 saturated carbocycles. The molecule has 2 saturated heterocycles. The lowest BCUT2D eigenvalue weighted by Crippen LogP contribution is -2.65. The Morgan fingerprint density at radius 3 is 2.27 bits per heavy atom. The van der Waals surface area contributed by atoms with Crippen LogP contribution < -0.4 is 0 Å². The van der Waals surface area contributed by atoms with Crippen molar-refractivity contribution < 1.29 is 28.9 Å². The quantitative estimate of drug-likeness (QED) is 0.725. The highest BCUT2D eigenvalue weighted by atomic mass is 16.7. The lowest BCUT2D eigenvalue weighted by molar-refractivity contribution is -0.290. The molecule has 7 nitrogen and oxygen atoms in total. The van der Waals surface area contributed by atoms with Crippen LogP contribution in [0.5, 0.6) is 0 Å². The van der Waals surface area contributed by atoms with Gasteiger partial charge in [-0.3, -0.25) is 4.79 Å². The average molecular weight is 315 g/mol. The summed E-state index contributed by atoms with van der Waals surface area (Å²) in [5, 5.41) is 10.5. The first-order valence-electron chi connectivity index (χ1n) is 7.43. The minimum atomic E-state index is -1.24. The van der Waals surface area contributed by atoms with E-state index in [4.69, 9.17) is 14.2 Å². The number of hydrogen-bond donors (Lipinski definition) is 1. The molecule has 2 heterocycles. The van der Waals surface area contributed by atoms with E-state index in [2.05, 4.69) is 0 Å². The summed E-state index contributed by atoms with van der Waals surface area (Å²) < 4.78 is 16.5. The molecule has 0 aromatic carbocycles. The van der Waals surface area contributed by atoms with Crippen molar-refractivity contribution in [2.45, 2.75) is 64.6 Å². The largest absolute Gasteiger partial charge is 0.443 e. The fraction of sp³-hybridized carbons (Fsp3) is 0.867. The number of carbonyl (C=O) groups excluding carboxylic acids is 2. The Hall–Kier alpha value is -1.18. The lowest BCUT2D eigenvalue weighted by atomic mass is 9.90. The van der Waals surface area contributed by atoms with Crippen LogP contribution in [-0.2, 0) is 19.0 Å². The van der Waals surface area contributed by atoms with Gasteiger partial charge in [-0.05, 0) is 34.6 Å². The van der Waals surface area contributed by atoms with E-state index >= 15 is 0 Å². The standard InChI is InChI=1S/C15H25NO6/c1-9-10(17)15(7-20-14(5,6)21-8-15)16(11(9)18)12(19)22-13(2,3)4/h9-10,17H,7-8H2,1-6H3/t9-,10+/m1/s1. The Morgan fingerprint density at radius 1 is 1.32 bits per heavy atom. The third kappa shape index (κ3) is 2.85. The highest BCUT2D eigenvalue weighted by molar-refractivity contribution is 5.97. The Balaban J connectivity index is 2.33. The van der Waals surface area contributed by atoms with E-state index < -0.39 is 40.9 Å². The Labute approximate surface area is 130 Å². The van der Waals surface area contributed by atoms with E-state index in [9.17, 15) is 14.7 Å². The van der Waals surface area contributed by atoms with Crippen LogP contribution in [0.1, 0.15) is 41.5 Å². The van der Waals surface area contributed by atoms with Crippen molar-refractivity contribution in [1.82, 2.24) is 4.90 Å². The van der Waals surface area contributed by atoms with Crippen molar-refractivity contribution in [2.75, 3.05) is 13.2 Å². The molecule has 0 aromatic rings. The van der Waals surface area contributed by atoms with Gasteiger partial charge in [0, 0.05) is 0 Å². The number of nitrogens with zero attached hydrogens (tertiary/aromatic N) is 1. The van der Waals surface area contributed by atoms with E-state index in [0.717, 1.165) is 4.90 Å². The minimum Gasteiger partial charge on any atom is -0.443 e. The molecule has 0 aliphatic carbocycles. The topological polar surface area (TPSA) is 85.3 Å². The molecule has 2 atom stereocenters. The third-order valence-corrected chi connectivity index (χ3v) is 3.99. The smallest absolute Gasteiger partial charge is 0.417 e. The molecule has 7 heteroatoms. The molecule has 126 valence electrons. The summed E-state index contributed by atoms with van der Waals surface area (Å²) in [7, 11) is 0. The first kappa shape index (κ1) is 17.2. The van der Waals surface area contributed by atoms with E-state index in [1.807, 2.05) is 0 Å². The first-order chi connectivity index (χ1) is 9.90. The molecule has 2 fully saturated rings. The van der Waals surface area contributed by atoms with Crippen LogP contribution >= 0.6 is 0 Å². The van der Waals surface area contributed by atoms with Crippen LogP contribution in [0.2, 0.25) is 0 Å². The van der Waals surface area contributed by atoms with Crippen molar-refractivity contribution in [2.24, 2.45) is 5.92 Å². The second-order valence-corrected chi connectivity index (χ2v) is 7.47. The number of ether oxygens (including phenoxy) is 3.